The minimum atomic E-state index is 0.169. The van der Waals surface area contributed by atoms with Crippen molar-refractivity contribution in [1.82, 2.24) is 5.32 Å². The summed E-state index contributed by atoms with van der Waals surface area (Å²) in [4.78, 5) is 0. The summed E-state index contributed by atoms with van der Waals surface area (Å²) < 4.78 is 5.97. The maximum Gasteiger partial charge on any atom is 0.127 e. The van der Waals surface area contributed by atoms with Gasteiger partial charge in [0.05, 0.1) is 6.61 Å². The molecule has 112 valence electrons. The molecule has 0 radical (unpaired) electrons. The van der Waals surface area contributed by atoms with Gasteiger partial charge in [-0.2, -0.15) is 0 Å². The van der Waals surface area contributed by atoms with Crippen LogP contribution < -0.4 is 10.1 Å². The molecule has 0 saturated carbocycles. The molecule has 2 nitrogen and oxygen atoms in total. The predicted octanol–water partition coefficient (Wildman–Crippen LogP) is 4.51. The van der Waals surface area contributed by atoms with Gasteiger partial charge in [0.25, 0.3) is 0 Å². The summed E-state index contributed by atoms with van der Waals surface area (Å²) in [7, 11) is 0. The van der Waals surface area contributed by atoms with Gasteiger partial charge in [0.1, 0.15) is 5.75 Å². The Bertz CT molecular complexity index is 543. The first-order valence-electron chi connectivity index (χ1n) is 7.58. The zero-order valence-corrected chi connectivity index (χ0v) is 13.2. The molecule has 0 aliphatic carbocycles. The van der Waals surface area contributed by atoms with E-state index in [1.807, 2.05) is 18.2 Å². The highest BCUT2D eigenvalue weighted by Gasteiger charge is 2.08. The van der Waals surface area contributed by atoms with Crippen molar-refractivity contribution in [3.63, 3.8) is 0 Å². The van der Waals surface area contributed by atoms with Gasteiger partial charge in [-0.1, -0.05) is 48.5 Å². The van der Waals surface area contributed by atoms with Crippen molar-refractivity contribution in [3.8, 4) is 16.9 Å². The van der Waals surface area contributed by atoms with Crippen LogP contribution in [0, 0.1) is 0 Å². The van der Waals surface area contributed by atoms with E-state index >= 15 is 0 Å². The maximum atomic E-state index is 5.97. The Kier molecular flexibility index (Phi) is 5.40. The summed E-state index contributed by atoms with van der Waals surface area (Å²) >= 11 is 0. The molecule has 21 heavy (non-hydrogen) atoms. The Labute approximate surface area is 128 Å². The third-order valence-corrected chi connectivity index (χ3v) is 3.21. The average Bonchev–Trinajstić information content (AvgIpc) is 2.47. The smallest absolute Gasteiger partial charge is 0.127 e. The lowest BCUT2D eigenvalue weighted by Gasteiger charge is -2.20. The lowest BCUT2D eigenvalue weighted by molar-refractivity contribution is 0.299. The minimum Gasteiger partial charge on any atom is -0.493 e. The molecule has 0 atom stereocenters. The minimum absolute atomic E-state index is 0.169. The number of hydrogen-bond acceptors (Lipinski definition) is 2. The fraction of sp³-hybridized carbons (Fsp3) is 0.368. The van der Waals surface area contributed by atoms with Gasteiger partial charge in [-0.3, -0.25) is 0 Å². The van der Waals surface area contributed by atoms with Crippen LogP contribution in [0.15, 0.2) is 54.6 Å². The second-order valence-corrected chi connectivity index (χ2v) is 6.24. The summed E-state index contributed by atoms with van der Waals surface area (Å²) in [5.41, 5.74) is 2.52. The summed E-state index contributed by atoms with van der Waals surface area (Å²) in [6.07, 6.45) is 1.00. The van der Waals surface area contributed by atoms with Crippen molar-refractivity contribution in [2.24, 2.45) is 0 Å². The van der Waals surface area contributed by atoms with E-state index in [-0.39, 0.29) is 5.54 Å². The third-order valence-electron chi connectivity index (χ3n) is 3.21. The number of para-hydroxylation sites is 1. The molecule has 0 amide bonds. The molecule has 2 aromatic rings. The van der Waals surface area contributed by atoms with Gasteiger partial charge in [-0.25, -0.2) is 0 Å². The Morgan fingerprint density at radius 3 is 2.29 bits per heavy atom. The number of nitrogens with one attached hydrogen (secondary N) is 1. The fourth-order valence-electron chi connectivity index (χ4n) is 2.17. The van der Waals surface area contributed by atoms with Crippen molar-refractivity contribution in [1.29, 1.82) is 0 Å². The summed E-state index contributed by atoms with van der Waals surface area (Å²) in [5, 5.41) is 3.47. The molecular weight excluding hydrogens is 258 g/mol. The summed E-state index contributed by atoms with van der Waals surface area (Å²) in [5.74, 6) is 0.958. The molecule has 0 aliphatic heterocycles. The van der Waals surface area contributed by atoms with Crippen molar-refractivity contribution in [2.75, 3.05) is 13.2 Å². The first-order valence-corrected chi connectivity index (χ1v) is 7.58. The van der Waals surface area contributed by atoms with Crippen LogP contribution in [0.25, 0.3) is 11.1 Å². The highest BCUT2D eigenvalue weighted by molar-refractivity contribution is 5.70. The largest absolute Gasteiger partial charge is 0.493 e. The Morgan fingerprint density at radius 2 is 1.57 bits per heavy atom. The van der Waals surface area contributed by atoms with Gasteiger partial charge in [0.15, 0.2) is 0 Å². The molecule has 2 heteroatoms. The lowest BCUT2D eigenvalue weighted by Crippen LogP contribution is -2.36. The van der Waals surface area contributed by atoms with Crippen molar-refractivity contribution in [2.45, 2.75) is 32.7 Å². The van der Waals surface area contributed by atoms with Crippen LogP contribution in [0.2, 0.25) is 0 Å². The van der Waals surface area contributed by atoms with Crippen molar-refractivity contribution >= 4 is 0 Å². The van der Waals surface area contributed by atoms with Crippen LogP contribution in [-0.4, -0.2) is 18.7 Å². The van der Waals surface area contributed by atoms with E-state index in [9.17, 15) is 0 Å². The number of rotatable bonds is 6. The van der Waals surface area contributed by atoms with E-state index in [4.69, 9.17) is 4.74 Å². The molecule has 2 rings (SSSR count). The second kappa shape index (κ2) is 7.28. The van der Waals surface area contributed by atoms with Crippen LogP contribution in [0.4, 0.5) is 0 Å². The van der Waals surface area contributed by atoms with Gasteiger partial charge in [-0.05, 0) is 45.4 Å². The van der Waals surface area contributed by atoms with E-state index in [2.05, 4.69) is 62.5 Å². The van der Waals surface area contributed by atoms with E-state index in [1.165, 1.54) is 5.56 Å². The molecule has 0 fully saturated rings. The first-order chi connectivity index (χ1) is 10.1. The zero-order valence-electron chi connectivity index (χ0n) is 13.2. The third kappa shape index (κ3) is 5.24. The van der Waals surface area contributed by atoms with Crippen LogP contribution in [0.3, 0.4) is 0 Å². The summed E-state index contributed by atoms with van der Waals surface area (Å²) in [6.45, 7) is 8.24. The van der Waals surface area contributed by atoms with Crippen molar-refractivity contribution in [3.05, 3.63) is 54.6 Å². The van der Waals surface area contributed by atoms with Crippen LogP contribution >= 0.6 is 0 Å². The molecule has 0 aromatic heterocycles. The topological polar surface area (TPSA) is 21.3 Å². The van der Waals surface area contributed by atoms with Gasteiger partial charge in [0.2, 0.25) is 0 Å². The van der Waals surface area contributed by atoms with E-state index in [1.54, 1.807) is 0 Å². The van der Waals surface area contributed by atoms with E-state index in [0.29, 0.717) is 0 Å². The molecule has 0 saturated heterocycles. The monoisotopic (exact) mass is 283 g/mol. The van der Waals surface area contributed by atoms with Crippen LogP contribution in [-0.2, 0) is 0 Å². The summed E-state index contributed by atoms with van der Waals surface area (Å²) in [6, 6.07) is 18.6. The van der Waals surface area contributed by atoms with E-state index < -0.39 is 0 Å². The predicted molar refractivity (Wildman–Crippen MR) is 89.7 cm³/mol. The SMILES string of the molecule is CC(C)(C)NCCCOc1ccccc1-c1ccccc1. The molecule has 1 N–H and O–H groups in total. The van der Waals surface area contributed by atoms with Gasteiger partial charge < -0.3 is 10.1 Å². The standard InChI is InChI=1S/C19H25NO/c1-19(2,3)20-14-9-15-21-18-13-8-7-12-17(18)16-10-5-4-6-11-16/h4-8,10-13,20H,9,14-15H2,1-3H3. The Balaban J connectivity index is 1.92. The fourth-order valence-corrected chi connectivity index (χ4v) is 2.17. The van der Waals surface area contributed by atoms with Gasteiger partial charge in [-0.15, -0.1) is 0 Å². The highest BCUT2D eigenvalue weighted by atomic mass is 16.5. The van der Waals surface area contributed by atoms with Crippen molar-refractivity contribution < 1.29 is 4.74 Å². The zero-order chi connectivity index (χ0) is 15.1. The van der Waals surface area contributed by atoms with Gasteiger partial charge in [0, 0.05) is 11.1 Å². The number of benzene rings is 2. The maximum absolute atomic E-state index is 5.97. The number of hydrogen-bond donors (Lipinski definition) is 1. The molecule has 0 unspecified atom stereocenters. The second-order valence-electron chi connectivity index (χ2n) is 6.24. The quantitative estimate of drug-likeness (QED) is 0.788. The average molecular weight is 283 g/mol. The van der Waals surface area contributed by atoms with Gasteiger partial charge >= 0.3 is 0 Å². The lowest BCUT2D eigenvalue weighted by atomic mass is 10.1. The normalized spacial score (nSPS) is 11.4. The molecule has 0 spiro atoms. The molecule has 0 heterocycles. The molecule has 2 aromatic carbocycles. The first kappa shape index (κ1) is 15.6. The Morgan fingerprint density at radius 1 is 0.905 bits per heavy atom. The van der Waals surface area contributed by atoms with Crippen LogP contribution in [0.1, 0.15) is 27.2 Å². The van der Waals surface area contributed by atoms with E-state index in [0.717, 1.165) is 30.9 Å². The number of ether oxygens (including phenoxy) is 1. The highest BCUT2D eigenvalue weighted by Crippen LogP contribution is 2.29. The molecule has 0 aliphatic rings. The molecule has 0 bridgehead atoms. The Hall–Kier alpha value is -1.80. The van der Waals surface area contributed by atoms with Crippen LogP contribution in [0.5, 0.6) is 5.75 Å². The molecular formula is C19H25NO.